The van der Waals surface area contributed by atoms with Crippen molar-refractivity contribution in [1.82, 2.24) is 10.2 Å². The van der Waals surface area contributed by atoms with Crippen LogP contribution in [0.5, 0.6) is 0 Å². The molecule has 0 amide bonds. The van der Waals surface area contributed by atoms with Gasteiger partial charge in [0, 0.05) is 12.5 Å². The highest BCUT2D eigenvalue weighted by atomic mass is 15.1. The zero-order valence-electron chi connectivity index (χ0n) is 11.8. The van der Waals surface area contributed by atoms with Crippen molar-refractivity contribution < 1.29 is 0 Å². The lowest BCUT2D eigenvalue weighted by Crippen LogP contribution is -2.29. The molecular formula is C14H29N3. The predicted octanol–water partition coefficient (Wildman–Crippen LogP) is 2.78. The minimum atomic E-state index is 0.604. The van der Waals surface area contributed by atoms with Crippen molar-refractivity contribution in [3.63, 3.8) is 0 Å². The van der Waals surface area contributed by atoms with E-state index >= 15 is 0 Å². The van der Waals surface area contributed by atoms with Gasteiger partial charge in [0.2, 0.25) is 0 Å². The van der Waals surface area contributed by atoms with Crippen LogP contribution in [0.1, 0.15) is 52.9 Å². The van der Waals surface area contributed by atoms with Crippen molar-refractivity contribution in [3.05, 3.63) is 0 Å². The van der Waals surface area contributed by atoms with Crippen molar-refractivity contribution >= 4 is 0 Å². The summed E-state index contributed by atoms with van der Waals surface area (Å²) >= 11 is 0. The molecule has 0 aliphatic rings. The lowest BCUT2D eigenvalue weighted by Gasteiger charge is -2.19. The van der Waals surface area contributed by atoms with Gasteiger partial charge < -0.3 is 10.2 Å². The lowest BCUT2D eigenvalue weighted by molar-refractivity contribution is 0.290. The molecule has 0 radical (unpaired) electrons. The van der Waals surface area contributed by atoms with Gasteiger partial charge in [-0.1, -0.05) is 13.8 Å². The van der Waals surface area contributed by atoms with E-state index in [0.717, 1.165) is 32.5 Å². The predicted molar refractivity (Wildman–Crippen MR) is 74.0 cm³/mol. The largest absolute Gasteiger partial charge is 0.314 e. The molecule has 0 bridgehead atoms. The van der Waals surface area contributed by atoms with E-state index < -0.39 is 0 Å². The molecule has 0 aliphatic carbocycles. The zero-order chi connectivity index (χ0) is 12.9. The Morgan fingerprint density at radius 2 is 1.88 bits per heavy atom. The Labute approximate surface area is 107 Å². The number of nitrogens with one attached hydrogen (secondary N) is 1. The van der Waals surface area contributed by atoms with Crippen LogP contribution in [0.4, 0.5) is 0 Å². The van der Waals surface area contributed by atoms with Crippen LogP contribution in [0.3, 0.4) is 0 Å². The number of unbranched alkanes of at least 4 members (excludes halogenated alkanes) is 2. The Balaban J connectivity index is 3.34. The summed E-state index contributed by atoms with van der Waals surface area (Å²) in [6, 6.07) is 2.79. The van der Waals surface area contributed by atoms with Crippen LogP contribution in [0.15, 0.2) is 0 Å². The maximum atomic E-state index is 8.41. The van der Waals surface area contributed by atoms with Gasteiger partial charge in [-0.25, -0.2) is 0 Å². The third-order valence-electron chi connectivity index (χ3n) is 3.21. The molecule has 0 fully saturated rings. The van der Waals surface area contributed by atoms with Crippen molar-refractivity contribution in [2.75, 3.05) is 26.2 Å². The SMILES string of the molecule is CCN(CC)CCCC(C)NCCCCC#N. The summed E-state index contributed by atoms with van der Waals surface area (Å²) in [4.78, 5) is 2.47. The van der Waals surface area contributed by atoms with Crippen molar-refractivity contribution in [2.45, 2.75) is 58.9 Å². The molecule has 0 aromatic heterocycles. The average Bonchev–Trinajstić information content (AvgIpc) is 2.34. The maximum Gasteiger partial charge on any atom is 0.0621 e. The van der Waals surface area contributed by atoms with E-state index in [4.69, 9.17) is 5.26 Å². The van der Waals surface area contributed by atoms with Gasteiger partial charge in [-0.05, 0) is 58.8 Å². The minimum Gasteiger partial charge on any atom is -0.314 e. The zero-order valence-corrected chi connectivity index (χ0v) is 11.8. The average molecular weight is 239 g/mol. The molecular weight excluding hydrogens is 210 g/mol. The molecule has 0 aliphatic heterocycles. The van der Waals surface area contributed by atoms with Gasteiger partial charge >= 0.3 is 0 Å². The van der Waals surface area contributed by atoms with E-state index in [1.165, 1.54) is 19.4 Å². The topological polar surface area (TPSA) is 39.1 Å². The summed E-state index contributed by atoms with van der Waals surface area (Å²) in [5.41, 5.74) is 0. The van der Waals surface area contributed by atoms with E-state index in [0.29, 0.717) is 12.5 Å². The number of nitriles is 1. The molecule has 1 unspecified atom stereocenters. The molecule has 0 rings (SSSR count). The molecule has 1 N–H and O–H groups in total. The first-order chi connectivity index (χ1) is 8.24. The molecule has 0 saturated heterocycles. The van der Waals surface area contributed by atoms with Crippen molar-refractivity contribution in [2.24, 2.45) is 0 Å². The van der Waals surface area contributed by atoms with Crippen LogP contribution in [0, 0.1) is 11.3 Å². The van der Waals surface area contributed by atoms with Crippen molar-refractivity contribution in [1.29, 1.82) is 5.26 Å². The summed E-state index contributed by atoms with van der Waals surface area (Å²) in [7, 11) is 0. The molecule has 3 nitrogen and oxygen atoms in total. The second-order valence-corrected chi connectivity index (χ2v) is 4.64. The number of rotatable bonds is 11. The van der Waals surface area contributed by atoms with E-state index in [1.807, 2.05) is 0 Å². The Kier molecular flexibility index (Phi) is 11.5. The standard InChI is InChI=1S/C14H29N3/c1-4-17(5-2)13-9-10-14(3)16-12-8-6-7-11-15/h14,16H,4-10,12-13H2,1-3H3. The van der Waals surface area contributed by atoms with E-state index in [1.54, 1.807) is 0 Å². The van der Waals surface area contributed by atoms with Gasteiger partial charge in [0.1, 0.15) is 0 Å². The highest BCUT2D eigenvalue weighted by Crippen LogP contribution is 2.00. The van der Waals surface area contributed by atoms with Gasteiger partial charge in [-0.3, -0.25) is 0 Å². The second-order valence-electron chi connectivity index (χ2n) is 4.64. The van der Waals surface area contributed by atoms with Gasteiger partial charge in [-0.2, -0.15) is 5.26 Å². The van der Waals surface area contributed by atoms with E-state index in [9.17, 15) is 0 Å². The smallest absolute Gasteiger partial charge is 0.0621 e. The van der Waals surface area contributed by atoms with E-state index in [-0.39, 0.29) is 0 Å². The molecule has 3 heteroatoms. The quantitative estimate of drug-likeness (QED) is 0.564. The Bertz CT molecular complexity index is 194. The van der Waals surface area contributed by atoms with Gasteiger partial charge in [0.05, 0.1) is 6.07 Å². The summed E-state index contributed by atoms with van der Waals surface area (Å²) in [5.74, 6) is 0. The Hall–Kier alpha value is -0.590. The van der Waals surface area contributed by atoms with Crippen LogP contribution in [0.25, 0.3) is 0 Å². The molecule has 100 valence electrons. The number of hydrogen-bond donors (Lipinski definition) is 1. The minimum absolute atomic E-state index is 0.604. The molecule has 0 aromatic carbocycles. The molecule has 1 atom stereocenters. The summed E-state index contributed by atoms with van der Waals surface area (Å²) in [6.07, 6.45) is 5.35. The monoisotopic (exact) mass is 239 g/mol. The molecule has 0 aromatic rings. The first-order valence-corrected chi connectivity index (χ1v) is 7.07. The Morgan fingerprint density at radius 3 is 2.47 bits per heavy atom. The van der Waals surface area contributed by atoms with Crippen LogP contribution in [-0.2, 0) is 0 Å². The third-order valence-corrected chi connectivity index (χ3v) is 3.21. The van der Waals surface area contributed by atoms with Crippen LogP contribution in [0.2, 0.25) is 0 Å². The normalized spacial score (nSPS) is 12.6. The van der Waals surface area contributed by atoms with Gasteiger partial charge in [-0.15, -0.1) is 0 Å². The Morgan fingerprint density at radius 1 is 1.18 bits per heavy atom. The van der Waals surface area contributed by atoms with Crippen LogP contribution >= 0.6 is 0 Å². The van der Waals surface area contributed by atoms with Crippen LogP contribution < -0.4 is 5.32 Å². The third kappa shape index (κ3) is 10.3. The first-order valence-electron chi connectivity index (χ1n) is 7.07. The number of hydrogen-bond acceptors (Lipinski definition) is 3. The fraction of sp³-hybridized carbons (Fsp3) is 0.929. The molecule has 0 heterocycles. The molecule has 0 spiro atoms. The number of nitrogens with zero attached hydrogens (tertiary/aromatic N) is 2. The van der Waals surface area contributed by atoms with Gasteiger partial charge in [0.15, 0.2) is 0 Å². The van der Waals surface area contributed by atoms with Crippen molar-refractivity contribution in [3.8, 4) is 6.07 Å². The first kappa shape index (κ1) is 16.4. The second kappa shape index (κ2) is 11.9. The molecule has 17 heavy (non-hydrogen) atoms. The lowest BCUT2D eigenvalue weighted by atomic mass is 10.1. The van der Waals surface area contributed by atoms with Gasteiger partial charge in [0.25, 0.3) is 0 Å². The maximum absolute atomic E-state index is 8.41. The highest BCUT2D eigenvalue weighted by molar-refractivity contribution is 4.69. The summed E-state index contributed by atoms with van der Waals surface area (Å²) in [5, 5.41) is 11.9. The fourth-order valence-corrected chi connectivity index (χ4v) is 1.94. The molecule has 0 saturated carbocycles. The summed E-state index contributed by atoms with van der Waals surface area (Å²) in [6.45, 7) is 11.3. The summed E-state index contributed by atoms with van der Waals surface area (Å²) < 4.78 is 0. The van der Waals surface area contributed by atoms with E-state index in [2.05, 4.69) is 37.1 Å². The van der Waals surface area contributed by atoms with Crippen LogP contribution in [-0.4, -0.2) is 37.1 Å². The highest BCUT2D eigenvalue weighted by Gasteiger charge is 2.03. The fourth-order valence-electron chi connectivity index (χ4n) is 1.94.